The summed E-state index contributed by atoms with van der Waals surface area (Å²) in [4.78, 5) is 19.9. The third-order valence-corrected chi connectivity index (χ3v) is 8.48. The maximum Gasteiger partial charge on any atom is 0.238 e. The van der Waals surface area contributed by atoms with Crippen molar-refractivity contribution in [2.45, 2.75) is 56.9 Å². The van der Waals surface area contributed by atoms with Crippen LogP contribution in [0.1, 0.15) is 49.7 Å². The number of nitrogens with zero attached hydrogens (tertiary/aromatic N) is 3. The van der Waals surface area contributed by atoms with E-state index in [9.17, 15) is 4.79 Å². The molecule has 3 aliphatic heterocycles. The first kappa shape index (κ1) is 29.1. The molecular formula is C28H39Cl3N4O. The van der Waals surface area contributed by atoms with Crippen molar-refractivity contribution in [3.8, 4) is 0 Å². The van der Waals surface area contributed by atoms with Gasteiger partial charge in [-0.2, -0.15) is 0 Å². The van der Waals surface area contributed by atoms with Crippen molar-refractivity contribution in [2.75, 3.05) is 44.2 Å². The van der Waals surface area contributed by atoms with Crippen molar-refractivity contribution < 1.29 is 4.79 Å². The molecule has 5 nitrogen and oxygen atoms in total. The molecule has 36 heavy (non-hydrogen) atoms. The Balaban J connectivity index is 0.00000180. The number of aryl methyl sites for hydroxylation is 2. The summed E-state index contributed by atoms with van der Waals surface area (Å²) < 4.78 is 0. The summed E-state index contributed by atoms with van der Waals surface area (Å²) in [5.41, 5.74) is 10.9. The summed E-state index contributed by atoms with van der Waals surface area (Å²) in [5.74, 6) is -0.122. The fourth-order valence-electron chi connectivity index (χ4n) is 6.26. The molecule has 8 heteroatoms. The van der Waals surface area contributed by atoms with Gasteiger partial charge in [-0.15, -0.1) is 24.8 Å². The maximum atomic E-state index is 12.5. The summed E-state index contributed by atoms with van der Waals surface area (Å²) >= 11 is 6.42. The van der Waals surface area contributed by atoms with E-state index in [1.54, 1.807) is 0 Å². The summed E-state index contributed by atoms with van der Waals surface area (Å²) in [7, 11) is 0. The van der Waals surface area contributed by atoms with Crippen LogP contribution in [0.3, 0.4) is 0 Å². The Morgan fingerprint density at radius 1 is 0.861 bits per heavy atom. The number of hydrogen-bond acceptors (Lipinski definition) is 4. The Bertz CT molecular complexity index is 1020. The minimum Gasteiger partial charge on any atom is -0.368 e. The molecule has 3 heterocycles. The van der Waals surface area contributed by atoms with E-state index in [1.807, 2.05) is 6.07 Å². The van der Waals surface area contributed by atoms with Crippen LogP contribution in [0.4, 0.5) is 11.4 Å². The molecule has 0 aliphatic carbocycles. The van der Waals surface area contributed by atoms with Crippen LogP contribution in [0.5, 0.6) is 0 Å². The zero-order chi connectivity index (χ0) is 23.5. The van der Waals surface area contributed by atoms with Gasteiger partial charge in [0.2, 0.25) is 5.91 Å². The largest absolute Gasteiger partial charge is 0.368 e. The van der Waals surface area contributed by atoms with Crippen LogP contribution in [0.25, 0.3) is 0 Å². The average molecular weight is 554 g/mol. The number of amides is 1. The van der Waals surface area contributed by atoms with Gasteiger partial charge in [-0.3, -0.25) is 9.69 Å². The van der Waals surface area contributed by atoms with Gasteiger partial charge in [-0.05, 0) is 93.9 Å². The number of anilines is 2. The molecule has 198 valence electrons. The number of carbonyl (C=O) groups is 1. The van der Waals surface area contributed by atoms with Gasteiger partial charge in [0.15, 0.2) is 0 Å². The quantitative estimate of drug-likeness (QED) is 0.505. The first-order valence-corrected chi connectivity index (χ1v) is 13.4. The van der Waals surface area contributed by atoms with E-state index in [2.05, 4.69) is 51.1 Å². The molecule has 2 fully saturated rings. The van der Waals surface area contributed by atoms with Crippen molar-refractivity contribution in [2.24, 2.45) is 5.73 Å². The summed E-state index contributed by atoms with van der Waals surface area (Å²) in [6, 6.07) is 15.1. The van der Waals surface area contributed by atoms with Gasteiger partial charge in [0.25, 0.3) is 0 Å². The molecule has 2 aromatic rings. The Morgan fingerprint density at radius 2 is 1.53 bits per heavy atom. The molecule has 0 radical (unpaired) electrons. The van der Waals surface area contributed by atoms with Crippen molar-refractivity contribution in [1.82, 2.24) is 9.80 Å². The van der Waals surface area contributed by atoms with Gasteiger partial charge in [0.1, 0.15) is 5.54 Å². The molecule has 0 saturated carbocycles. The SMILES string of the molecule is Cl.Cl.NC(=O)C1(N2CCCCC2)CCN(CCCN2c3ccccc3CCc3ccc(Cl)cc32)CC1. The number of rotatable bonds is 6. The first-order valence-electron chi connectivity index (χ1n) is 13.0. The maximum absolute atomic E-state index is 12.5. The van der Waals surface area contributed by atoms with Crippen LogP contribution >= 0.6 is 36.4 Å². The molecule has 0 spiro atoms. The molecule has 5 rings (SSSR count). The number of likely N-dealkylation sites (tertiary alicyclic amines) is 2. The number of fused-ring (bicyclic) bond motifs is 2. The lowest BCUT2D eigenvalue weighted by molar-refractivity contribution is -0.134. The summed E-state index contributed by atoms with van der Waals surface area (Å²) in [6.45, 7) is 5.90. The van der Waals surface area contributed by atoms with E-state index in [4.69, 9.17) is 17.3 Å². The van der Waals surface area contributed by atoms with Crippen LogP contribution in [-0.2, 0) is 17.6 Å². The lowest BCUT2D eigenvalue weighted by atomic mass is 9.83. The monoisotopic (exact) mass is 552 g/mol. The Morgan fingerprint density at radius 3 is 2.22 bits per heavy atom. The number of hydrogen-bond donors (Lipinski definition) is 1. The molecule has 2 aromatic carbocycles. The van der Waals surface area contributed by atoms with Gasteiger partial charge >= 0.3 is 0 Å². The molecule has 3 aliphatic rings. The van der Waals surface area contributed by atoms with Crippen LogP contribution in [0.15, 0.2) is 42.5 Å². The van der Waals surface area contributed by atoms with Crippen LogP contribution < -0.4 is 10.6 Å². The molecule has 0 aromatic heterocycles. The Hall–Kier alpha value is -1.50. The van der Waals surface area contributed by atoms with E-state index in [-0.39, 0.29) is 30.7 Å². The fourth-order valence-corrected chi connectivity index (χ4v) is 6.43. The van der Waals surface area contributed by atoms with Gasteiger partial charge in [0, 0.05) is 36.0 Å². The highest BCUT2D eigenvalue weighted by molar-refractivity contribution is 6.30. The van der Waals surface area contributed by atoms with Gasteiger partial charge < -0.3 is 15.5 Å². The van der Waals surface area contributed by atoms with Gasteiger partial charge in [-0.1, -0.05) is 42.3 Å². The number of primary amides is 1. The standard InChI is InChI=1S/C28H37ClN4O.2ClH/c29-24-12-11-23-10-9-22-7-2-3-8-25(22)33(26(23)21-24)18-6-15-31-19-13-28(14-20-31,27(30)34)32-16-4-1-5-17-32;;/h2-3,7-8,11-12,21H,1,4-6,9-10,13-20H2,(H2,30,34);2*1H. The molecular weight excluding hydrogens is 515 g/mol. The Labute approximate surface area is 233 Å². The van der Waals surface area contributed by atoms with Crippen LogP contribution in [0, 0.1) is 0 Å². The molecule has 1 amide bonds. The average Bonchev–Trinajstić information content (AvgIpc) is 3.02. The van der Waals surface area contributed by atoms with Crippen molar-refractivity contribution in [1.29, 1.82) is 0 Å². The highest BCUT2D eigenvalue weighted by atomic mass is 35.5. The predicted molar refractivity (Wildman–Crippen MR) is 154 cm³/mol. The lowest BCUT2D eigenvalue weighted by Gasteiger charge is -2.48. The van der Waals surface area contributed by atoms with E-state index < -0.39 is 5.54 Å². The Kier molecular flexibility index (Phi) is 10.4. The summed E-state index contributed by atoms with van der Waals surface area (Å²) in [5, 5.41) is 0.791. The second-order valence-electron chi connectivity index (χ2n) is 10.2. The van der Waals surface area contributed by atoms with Crippen LogP contribution in [-0.4, -0.2) is 60.5 Å². The molecule has 0 bridgehead atoms. The molecule has 2 N–H and O–H groups in total. The van der Waals surface area contributed by atoms with Crippen LogP contribution in [0.2, 0.25) is 5.02 Å². The minimum atomic E-state index is -0.434. The topological polar surface area (TPSA) is 52.8 Å². The first-order chi connectivity index (χ1) is 16.6. The molecule has 0 atom stereocenters. The zero-order valence-corrected chi connectivity index (χ0v) is 23.4. The highest BCUT2D eigenvalue weighted by Crippen LogP contribution is 2.38. The third kappa shape index (κ3) is 5.97. The number of para-hydroxylation sites is 1. The van der Waals surface area contributed by atoms with Gasteiger partial charge in [-0.25, -0.2) is 0 Å². The number of halogens is 3. The number of nitrogens with two attached hydrogens (primary N) is 1. The van der Waals surface area contributed by atoms with E-state index in [0.717, 1.165) is 76.4 Å². The van der Waals surface area contributed by atoms with E-state index >= 15 is 0 Å². The minimum absolute atomic E-state index is 0. The van der Waals surface area contributed by atoms with Crippen molar-refractivity contribution >= 4 is 53.7 Å². The molecule has 2 saturated heterocycles. The second-order valence-corrected chi connectivity index (χ2v) is 10.6. The smallest absolute Gasteiger partial charge is 0.238 e. The second kappa shape index (κ2) is 12.8. The van der Waals surface area contributed by atoms with E-state index in [0.29, 0.717) is 0 Å². The number of piperidine rings is 2. The zero-order valence-electron chi connectivity index (χ0n) is 21.0. The third-order valence-electron chi connectivity index (χ3n) is 8.24. The summed E-state index contributed by atoms with van der Waals surface area (Å²) in [6.07, 6.45) is 8.50. The van der Waals surface area contributed by atoms with Gasteiger partial charge in [0.05, 0.1) is 0 Å². The lowest BCUT2D eigenvalue weighted by Crippen LogP contribution is -2.63. The molecule has 0 unspecified atom stereocenters. The van der Waals surface area contributed by atoms with E-state index in [1.165, 1.54) is 41.8 Å². The normalized spacial score (nSPS) is 19.8. The number of carbonyl (C=O) groups excluding carboxylic acids is 1. The number of benzene rings is 2. The highest BCUT2D eigenvalue weighted by Gasteiger charge is 2.44. The fraction of sp³-hybridized carbons (Fsp3) is 0.536. The van der Waals surface area contributed by atoms with Crippen molar-refractivity contribution in [3.63, 3.8) is 0 Å². The van der Waals surface area contributed by atoms with Crippen molar-refractivity contribution in [3.05, 3.63) is 58.6 Å². The predicted octanol–water partition coefficient (Wildman–Crippen LogP) is 5.62.